The summed E-state index contributed by atoms with van der Waals surface area (Å²) in [6.07, 6.45) is 13.8. The quantitative estimate of drug-likeness (QED) is 0.614. The van der Waals surface area contributed by atoms with E-state index in [1.54, 1.807) is 4.88 Å². The average Bonchev–Trinajstić information content (AvgIpc) is 3.00. The van der Waals surface area contributed by atoms with Crippen molar-refractivity contribution in [2.24, 2.45) is 0 Å². The minimum absolute atomic E-state index is 0.353. The first kappa shape index (κ1) is 22.5. The van der Waals surface area contributed by atoms with E-state index < -0.39 is 11.9 Å². The molecule has 1 aromatic heterocycles. The lowest BCUT2D eigenvalue weighted by Crippen LogP contribution is -2.47. The molecule has 0 spiro atoms. The number of hydrogen-bond donors (Lipinski definition) is 2. The molecular formula is C24H31NO4S. The molecule has 0 radical (unpaired) electrons. The van der Waals surface area contributed by atoms with Crippen LogP contribution in [-0.4, -0.2) is 40.1 Å². The molecule has 2 heterocycles. The molecule has 5 nitrogen and oxygen atoms in total. The number of carboxylic acid groups (broad SMARTS) is 2. The van der Waals surface area contributed by atoms with Gasteiger partial charge in [0.2, 0.25) is 0 Å². The van der Waals surface area contributed by atoms with Crippen molar-refractivity contribution in [2.75, 3.05) is 13.1 Å². The second-order valence-corrected chi connectivity index (χ2v) is 9.24. The minimum Gasteiger partial charge on any atom is -0.478 e. The van der Waals surface area contributed by atoms with Crippen LogP contribution in [0.2, 0.25) is 0 Å². The van der Waals surface area contributed by atoms with Crippen molar-refractivity contribution in [1.82, 2.24) is 4.90 Å². The predicted octanol–water partition coefficient (Wildman–Crippen LogP) is 5.65. The highest BCUT2D eigenvalue weighted by Gasteiger charge is 2.40. The largest absolute Gasteiger partial charge is 0.478 e. The van der Waals surface area contributed by atoms with Gasteiger partial charge in [0.25, 0.3) is 0 Å². The molecule has 1 saturated carbocycles. The Morgan fingerprint density at radius 3 is 2.00 bits per heavy atom. The van der Waals surface area contributed by atoms with Crippen LogP contribution in [-0.2, 0) is 15.1 Å². The predicted molar refractivity (Wildman–Crippen MR) is 121 cm³/mol. The first-order chi connectivity index (χ1) is 14.5. The molecule has 1 aliphatic heterocycles. The molecule has 0 bridgehead atoms. The highest BCUT2D eigenvalue weighted by molar-refractivity contribution is 7.19. The molecule has 2 aromatic rings. The van der Waals surface area contributed by atoms with E-state index in [9.17, 15) is 9.59 Å². The van der Waals surface area contributed by atoms with E-state index >= 15 is 0 Å². The summed E-state index contributed by atoms with van der Waals surface area (Å²) in [6.45, 7) is 2.63. The summed E-state index contributed by atoms with van der Waals surface area (Å²) in [5.74, 6) is -2.51. The number of nitrogens with zero attached hydrogens (tertiary/aromatic N) is 1. The van der Waals surface area contributed by atoms with Gasteiger partial charge in [0.15, 0.2) is 0 Å². The molecule has 0 amide bonds. The third kappa shape index (κ3) is 5.70. The molecule has 4 rings (SSSR count). The van der Waals surface area contributed by atoms with Gasteiger partial charge in [0.1, 0.15) is 0 Å². The molecule has 1 saturated heterocycles. The van der Waals surface area contributed by atoms with Crippen LogP contribution in [0.4, 0.5) is 0 Å². The van der Waals surface area contributed by atoms with Gasteiger partial charge in [-0.25, -0.2) is 9.59 Å². The highest BCUT2D eigenvalue weighted by atomic mass is 32.1. The molecule has 30 heavy (non-hydrogen) atoms. The number of carbonyl (C=O) groups is 2. The van der Waals surface area contributed by atoms with Crippen LogP contribution < -0.4 is 0 Å². The topological polar surface area (TPSA) is 77.8 Å². The van der Waals surface area contributed by atoms with Gasteiger partial charge in [-0.05, 0) is 56.3 Å². The van der Waals surface area contributed by atoms with Crippen molar-refractivity contribution in [3.05, 3.63) is 47.4 Å². The van der Waals surface area contributed by atoms with Gasteiger partial charge in [-0.1, -0.05) is 50.3 Å². The summed E-state index contributed by atoms with van der Waals surface area (Å²) in [4.78, 5) is 23.6. The van der Waals surface area contributed by atoms with Crippen molar-refractivity contribution in [3.63, 3.8) is 0 Å². The van der Waals surface area contributed by atoms with Crippen LogP contribution in [0, 0.1) is 0 Å². The molecule has 1 aliphatic carbocycles. The maximum absolute atomic E-state index is 9.55. The Balaban J connectivity index is 0.000000275. The van der Waals surface area contributed by atoms with E-state index in [1.807, 2.05) is 0 Å². The lowest BCUT2D eigenvalue weighted by atomic mass is 9.78. The fourth-order valence-electron chi connectivity index (χ4n) is 4.71. The monoisotopic (exact) mass is 429 g/mol. The van der Waals surface area contributed by atoms with Gasteiger partial charge in [0, 0.05) is 21.7 Å². The fourth-order valence-corrected chi connectivity index (χ4v) is 6.05. The van der Waals surface area contributed by atoms with Crippen LogP contribution in [0.1, 0.15) is 62.7 Å². The Labute approximate surface area is 182 Å². The number of rotatable bonds is 4. The molecule has 1 aromatic carbocycles. The van der Waals surface area contributed by atoms with Gasteiger partial charge in [0.05, 0.1) is 5.54 Å². The molecule has 6 heteroatoms. The third-order valence-corrected chi connectivity index (χ3v) is 7.45. The van der Waals surface area contributed by atoms with Gasteiger partial charge in [-0.15, -0.1) is 11.3 Å². The second-order valence-electron chi connectivity index (χ2n) is 8.15. The van der Waals surface area contributed by atoms with Gasteiger partial charge >= 0.3 is 11.9 Å². The number of carboxylic acids is 2. The summed E-state index contributed by atoms with van der Waals surface area (Å²) in [6, 6.07) is 11.5. The molecular weight excluding hydrogens is 398 g/mol. The Morgan fingerprint density at radius 1 is 0.867 bits per heavy atom. The molecule has 2 aliphatic rings. The number of aliphatic carboxylic acids is 2. The van der Waals surface area contributed by atoms with Crippen molar-refractivity contribution < 1.29 is 19.8 Å². The van der Waals surface area contributed by atoms with Crippen LogP contribution in [0.5, 0.6) is 0 Å². The Bertz CT molecular complexity index is 825. The summed E-state index contributed by atoms with van der Waals surface area (Å²) in [7, 11) is 0. The van der Waals surface area contributed by atoms with Crippen molar-refractivity contribution in [1.29, 1.82) is 0 Å². The zero-order valence-electron chi connectivity index (χ0n) is 17.4. The van der Waals surface area contributed by atoms with Crippen LogP contribution >= 0.6 is 11.3 Å². The minimum atomic E-state index is -1.26. The van der Waals surface area contributed by atoms with Crippen LogP contribution in [0.25, 0.3) is 10.1 Å². The first-order valence-corrected chi connectivity index (χ1v) is 11.7. The summed E-state index contributed by atoms with van der Waals surface area (Å²) >= 11 is 2.06. The highest BCUT2D eigenvalue weighted by Crippen LogP contribution is 2.47. The lowest BCUT2D eigenvalue weighted by Gasteiger charge is -2.46. The molecule has 0 unspecified atom stereocenters. The van der Waals surface area contributed by atoms with E-state index in [-0.39, 0.29) is 0 Å². The zero-order valence-corrected chi connectivity index (χ0v) is 18.2. The Hall–Kier alpha value is -2.18. The van der Waals surface area contributed by atoms with E-state index in [2.05, 4.69) is 46.6 Å². The second kappa shape index (κ2) is 10.7. The maximum Gasteiger partial charge on any atom is 0.328 e. The van der Waals surface area contributed by atoms with Crippen molar-refractivity contribution >= 4 is 33.4 Å². The van der Waals surface area contributed by atoms with Crippen molar-refractivity contribution in [2.45, 2.75) is 63.3 Å². The van der Waals surface area contributed by atoms with Crippen LogP contribution in [0.15, 0.2) is 42.5 Å². The Kier molecular flexibility index (Phi) is 8.05. The third-order valence-electron chi connectivity index (χ3n) is 6.14. The molecule has 2 fully saturated rings. The van der Waals surface area contributed by atoms with Gasteiger partial charge in [-0.2, -0.15) is 0 Å². The van der Waals surface area contributed by atoms with Crippen molar-refractivity contribution in [3.8, 4) is 0 Å². The van der Waals surface area contributed by atoms with Crippen LogP contribution in [0.3, 0.4) is 0 Å². The fraction of sp³-hybridized carbons (Fsp3) is 0.500. The summed E-state index contributed by atoms with van der Waals surface area (Å²) in [5, 5.41) is 17.1. The Morgan fingerprint density at radius 2 is 1.43 bits per heavy atom. The lowest BCUT2D eigenvalue weighted by molar-refractivity contribution is -0.134. The summed E-state index contributed by atoms with van der Waals surface area (Å²) in [5.41, 5.74) is 0.353. The van der Waals surface area contributed by atoms with E-state index in [0.717, 1.165) is 0 Å². The van der Waals surface area contributed by atoms with Gasteiger partial charge < -0.3 is 10.2 Å². The molecule has 2 N–H and O–H groups in total. The van der Waals surface area contributed by atoms with E-state index in [0.29, 0.717) is 17.7 Å². The standard InChI is InChI=1S/C20H27NS.C4H4O4/c1-2-9-15-21(14-8-1)20(12-6-3-7-13-20)19-16-17-10-4-5-11-18(17)22-19;5-3(6)1-2-4(7)8/h4-5,10-11,16H,1-3,6-9,12-15H2;1-2H,(H,5,6)(H,7,8)/b;2-1+. The number of hydrogen-bond acceptors (Lipinski definition) is 4. The van der Waals surface area contributed by atoms with Gasteiger partial charge in [-0.3, -0.25) is 4.90 Å². The zero-order chi connectivity index (χ0) is 21.4. The number of thiophene rings is 1. The SMILES string of the molecule is O=C(O)/C=C/C(=O)O.c1ccc2sc(C3(N4CCCCCC4)CCCCC3)cc2c1. The number of likely N-dealkylation sites (tertiary alicyclic amines) is 1. The molecule has 162 valence electrons. The number of benzene rings is 1. The average molecular weight is 430 g/mol. The smallest absolute Gasteiger partial charge is 0.328 e. The normalized spacial score (nSPS) is 19.7. The maximum atomic E-state index is 9.55. The summed E-state index contributed by atoms with van der Waals surface area (Å²) < 4.78 is 1.47. The van der Waals surface area contributed by atoms with E-state index in [1.165, 1.54) is 81.0 Å². The number of fused-ring (bicyclic) bond motifs is 1. The van der Waals surface area contributed by atoms with E-state index in [4.69, 9.17) is 10.2 Å². The molecule has 0 atom stereocenters. The first-order valence-electron chi connectivity index (χ1n) is 10.9.